The molecule has 1 saturated heterocycles. The van der Waals surface area contributed by atoms with Crippen LogP contribution in [0.25, 0.3) is 10.9 Å². The van der Waals surface area contributed by atoms with Gasteiger partial charge in [-0.1, -0.05) is 18.2 Å². The lowest BCUT2D eigenvalue weighted by Gasteiger charge is -2.26. The van der Waals surface area contributed by atoms with Gasteiger partial charge in [-0.3, -0.25) is 4.79 Å². The normalized spacial score (nSPS) is 20.3. The topological polar surface area (TPSA) is 96.5 Å². The second-order valence-electron chi connectivity index (χ2n) is 6.30. The molecule has 1 N–H and O–H groups in total. The third-order valence-corrected chi connectivity index (χ3v) is 6.29. The molecule has 0 saturated carbocycles. The number of amides is 1. The fraction of sp³-hybridized carbons (Fsp3) is 0.412. The zero-order valence-electron chi connectivity index (χ0n) is 14.1. The first-order chi connectivity index (χ1) is 11.8. The van der Waals surface area contributed by atoms with E-state index in [1.807, 2.05) is 18.2 Å². The Labute approximate surface area is 145 Å². The number of rotatable bonds is 4. The van der Waals surface area contributed by atoms with Gasteiger partial charge in [0.05, 0.1) is 17.1 Å². The van der Waals surface area contributed by atoms with Crippen LogP contribution in [-0.4, -0.2) is 60.9 Å². The number of aromatic nitrogens is 1. The van der Waals surface area contributed by atoms with E-state index < -0.39 is 27.8 Å². The van der Waals surface area contributed by atoms with E-state index in [1.54, 1.807) is 19.3 Å². The van der Waals surface area contributed by atoms with Crippen LogP contribution in [0.5, 0.6) is 0 Å². The number of para-hydroxylation sites is 1. The maximum atomic E-state index is 12.5. The number of nitrogens with zero attached hydrogens (tertiary/aromatic N) is 1. The number of nitrogens with one attached hydrogen (secondary N) is 1. The number of hydrogen-bond acceptors (Lipinski definition) is 5. The molecule has 1 aliphatic rings. The molecule has 25 heavy (non-hydrogen) atoms. The summed E-state index contributed by atoms with van der Waals surface area (Å²) >= 11 is 0. The molecule has 1 aromatic heterocycles. The first kappa shape index (κ1) is 17.5. The Kier molecular flexibility index (Phi) is 4.55. The second kappa shape index (κ2) is 6.51. The highest BCUT2D eigenvalue weighted by atomic mass is 32.2. The number of H-pyrrole nitrogens is 1. The molecule has 7 nitrogen and oxygen atoms in total. The zero-order chi connectivity index (χ0) is 18.2. The van der Waals surface area contributed by atoms with Gasteiger partial charge in [0, 0.05) is 30.2 Å². The van der Waals surface area contributed by atoms with Crippen LogP contribution in [0.4, 0.5) is 0 Å². The van der Waals surface area contributed by atoms with Gasteiger partial charge in [-0.05, 0) is 19.4 Å². The van der Waals surface area contributed by atoms with Gasteiger partial charge in [0.2, 0.25) is 0 Å². The number of aromatic amines is 1. The average Bonchev–Trinajstić information content (AvgIpc) is 3.16. The molecule has 3 rings (SSSR count). The van der Waals surface area contributed by atoms with Gasteiger partial charge < -0.3 is 14.6 Å². The van der Waals surface area contributed by atoms with Crippen molar-refractivity contribution in [2.75, 3.05) is 18.6 Å². The molecule has 0 spiro atoms. The Morgan fingerprint density at radius 3 is 2.72 bits per heavy atom. The summed E-state index contributed by atoms with van der Waals surface area (Å²) < 4.78 is 28.4. The summed E-state index contributed by atoms with van der Waals surface area (Å²) in [5.41, 5.74) is 1.17. The van der Waals surface area contributed by atoms with Crippen LogP contribution < -0.4 is 0 Å². The van der Waals surface area contributed by atoms with E-state index in [0.717, 1.165) is 10.9 Å². The minimum atomic E-state index is -3.09. The van der Waals surface area contributed by atoms with Crippen molar-refractivity contribution in [3.05, 3.63) is 36.0 Å². The SMILES string of the molecule is C[C@H](OC(=O)c1c[nH]c2ccccc12)C(=O)N(C)[C@@H]1CCS(=O)(=O)C1. The van der Waals surface area contributed by atoms with E-state index in [0.29, 0.717) is 12.0 Å². The summed E-state index contributed by atoms with van der Waals surface area (Å²) in [5, 5.41) is 0.724. The lowest BCUT2D eigenvalue weighted by atomic mass is 10.2. The number of hydrogen-bond donors (Lipinski definition) is 1. The summed E-state index contributed by atoms with van der Waals surface area (Å²) in [6.45, 7) is 1.50. The highest BCUT2D eigenvalue weighted by Crippen LogP contribution is 2.20. The summed E-state index contributed by atoms with van der Waals surface area (Å²) in [6, 6.07) is 6.94. The van der Waals surface area contributed by atoms with Crippen LogP contribution in [0.1, 0.15) is 23.7 Å². The van der Waals surface area contributed by atoms with Crippen molar-refractivity contribution < 1.29 is 22.7 Å². The molecule has 1 aromatic carbocycles. The maximum Gasteiger partial charge on any atom is 0.341 e. The van der Waals surface area contributed by atoms with Gasteiger partial charge in [0.15, 0.2) is 15.9 Å². The largest absolute Gasteiger partial charge is 0.449 e. The summed E-state index contributed by atoms with van der Waals surface area (Å²) in [7, 11) is -1.54. The monoisotopic (exact) mass is 364 g/mol. The maximum absolute atomic E-state index is 12.5. The van der Waals surface area contributed by atoms with Crippen molar-refractivity contribution in [3.8, 4) is 0 Å². The number of carbonyl (C=O) groups is 2. The Morgan fingerprint density at radius 1 is 1.32 bits per heavy atom. The van der Waals surface area contributed by atoms with Gasteiger partial charge in [-0.2, -0.15) is 0 Å². The van der Waals surface area contributed by atoms with Crippen molar-refractivity contribution in [1.82, 2.24) is 9.88 Å². The van der Waals surface area contributed by atoms with Crippen molar-refractivity contribution in [1.29, 1.82) is 0 Å². The predicted octanol–water partition coefficient (Wildman–Crippen LogP) is 1.36. The number of ether oxygens (including phenoxy) is 1. The van der Waals surface area contributed by atoms with Crippen molar-refractivity contribution in [2.24, 2.45) is 0 Å². The Balaban J connectivity index is 1.68. The standard InChI is InChI=1S/C17H20N2O5S/c1-11(16(20)19(2)12-7-8-25(22,23)10-12)24-17(21)14-9-18-15-6-4-3-5-13(14)15/h3-6,9,11-12,18H,7-8,10H2,1-2H3/t11-,12+/m0/s1. The Morgan fingerprint density at radius 2 is 2.04 bits per heavy atom. The zero-order valence-corrected chi connectivity index (χ0v) is 14.9. The quantitative estimate of drug-likeness (QED) is 0.826. The number of benzene rings is 1. The molecule has 1 fully saturated rings. The van der Waals surface area contributed by atoms with Gasteiger partial charge in [0.25, 0.3) is 5.91 Å². The molecular weight excluding hydrogens is 344 g/mol. The van der Waals surface area contributed by atoms with Crippen molar-refractivity contribution >= 4 is 32.6 Å². The first-order valence-corrected chi connectivity index (χ1v) is 9.85. The van der Waals surface area contributed by atoms with Crippen LogP contribution in [-0.2, 0) is 19.4 Å². The highest BCUT2D eigenvalue weighted by molar-refractivity contribution is 7.91. The lowest BCUT2D eigenvalue weighted by molar-refractivity contribution is -0.140. The summed E-state index contributed by atoms with van der Waals surface area (Å²) in [5.74, 6) is -0.960. The lowest BCUT2D eigenvalue weighted by Crippen LogP contribution is -2.44. The fourth-order valence-corrected chi connectivity index (χ4v) is 4.84. The van der Waals surface area contributed by atoms with Gasteiger partial charge in [0.1, 0.15) is 0 Å². The minimum absolute atomic E-state index is 0.0433. The minimum Gasteiger partial charge on any atom is -0.449 e. The number of esters is 1. The molecule has 2 heterocycles. The number of sulfone groups is 1. The van der Waals surface area contributed by atoms with Gasteiger partial charge in [-0.25, -0.2) is 13.2 Å². The third-order valence-electron chi connectivity index (χ3n) is 4.54. The van der Waals surface area contributed by atoms with Crippen LogP contribution in [0.2, 0.25) is 0 Å². The molecule has 2 aromatic rings. The molecule has 0 aliphatic carbocycles. The Hall–Kier alpha value is -2.35. The molecule has 0 unspecified atom stereocenters. The van der Waals surface area contributed by atoms with Crippen LogP contribution in [0, 0.1) is 0 Å². The van der Waals surface area contributed by atoms with E-state index in [-0.39, 0.29) is 17.5 Å². The second-order valence-corrected chi connectivity index (χ2v) is 8.53. The van der Waals surface area contributed by atoms with Crippen LogP contribution in [0.15, 0.2) is 30.5 Å². The molecule has 1 amide bonds. The third kappa shape index (κ3) is 3.53. The number of likely N-dealkylation sites (N-methyl/N-ethyl adjacent to an activating group) is 1. The summed E-state index contributed by atoms with van der Waals surface area (Å²) in [6.07, 6.45) is 0.972. The van der Waals surface area contributed by atoms with Crippen LogP contribution >= 0.6 is 0 Å². The molecular formula is C17H20N2O5S. The van der Waals surface area contributed by atoms with E-state index in [9.17, 15) is 18.0 Å². The highest BCUT2D eigenvalue weighted by Gasteiger charge is 2.35. The summed E-state index contributed by atoms with van der Waals surface area (Å²) in [4.78, 5) is 29.2. The Bertz CT molecular complexity index is 918. The molecule has 8 heteroatoms. The molecule has 134 valence electrons. The molecule has 1 aliphatic heterocycles. The fourth-order valence-electron chi connectivity index (χ4n) is 3.06. The first-order valence-electron chi connectivity index (χ1n) is 8.03. The average molecular weight is 364 g/mol. The molecule has 0 radical (unpaired) electrons. The van der Waals surface area contributed by atoms with E-state index in [4.69, 9.17) is 4.74 Å². The van der Waals surface area contributed by atoms with Crippen molar-refractivity contribution in [3.63, 3.8) is 0 Å². The van der Waals surface area contributed by atoms with Crippen LogP contribution in [0.3, 0.4) is 0 Å². The molecule has 2 atom stereocenters. The van der Waals surface area contributed by atoms with Gasteiger partial charge >= 0.3 is 5.97 Å². The van der Waals surface area contributed by atoms with E-state index >= 15 is 0 Å². The predicted molar refractivity (Wildman–Crippen MR) is 93.0 cm³/mol. The van der Waals surface area contributed by atoms with E-state index in [1.165, 1.54) is 11.8 Å². The smallest absolute Gasteiger partial charge is 0.341 e. The van der Waals surface area contributed by atoms with Gasteiger partial charge in [-0.15, -0.1) is 0 Å². The van der Waals surface area contributed by atoms with Crippen molar-refractivity contribution in [2.45, 2.75) is 25.5 Å². The number of fused-ring (bicyclic) bond motifs is 1. The number of carbonyl (C=O) groups excluding carboxylic acids is 2. The molecule has 0 bridgehead atoms. The van der Waals surface area contributed by atoms with E-state index in [2.05, 4.69) is 4.98 Å².